The minimum atomic E-state index is -0.149. The van der Waals surface area contributed by atoms with E-state index in [2.05, 4.69) is 47.7 Å². The molecule has 0 saturated carbocycles. The summed E-state index contributed by atoms with van der Waals surface area (Å²) in [5.41, 5.74) is 4.10. The van der Waals surface area contributed by atoms with E-state index in [0.717, 1.165) is 26.0 Å². The number of hydrogen-bond donors (Lipinski definition) is 0. The summed E-state index contributed by atoms with van der Waals surface area (Å²) in [7, 11) is 2.20. The van der Waals surface area contributed by atoms with Crippen LogP contribution >= 0.6 is 0 Å². The van der Waals surface area contributed by atoms with Gasteiger partial charge < -0.3 is 14.2 Å². The van der Waals surface area contributed by atoms with Crippen LogP contribution in [0.25, 0.3) is 10.9 Å². The maximum atomic E-state index is 6.31. The molecule has 0 radical (unpaired) electrons. The number of likely N-dealkylation sites (tertiary alicyclic amines) is 1. The minimum absolute atomic E-state index is 0.149. The zero-order valence-electron chi connectivity index (χ0n) is 13.8. The molecule has 2 aliphatic rings. The van der Waals surface area contributed by atoms with Crippen LogP contribution in [0.1, 0.15) is 37.4 Å². The third-order valence-corrected chi connectivity index (χ3v) is 5.59. The molecule has 118 valence electrons. The van der Waals surface area contributed by atoms with Crippen molar-refractivity contribution in [1.29, 1.82) is 0 Å². The molecule has 1 saturated heterocycles. The Balaban J connectivity index is 1.71. The number of benzene rings is 1. The number of rotatable bonds is 3. The van der Waals surface area contributed by atoms with Crippen molar-refractivity contribution in [2.45, 2.75) is 38.2 Å². The molecular formula is C19H26N2O. The fourth-order valence-electron chi connectivity index (χ4n) is 4.41. The molecule has 1 unspecified atom stereocenters. The highest BCUT2D eigenvalue weighted by Gasteiger charge is 2.37. The third-order valence-electron chi connectivity index (χ3n) is 5.59. The summed E-state index contributed by atoms with van der Waals surface area (Å²) in [5, 5.41) is 1.41. The van der Waals surface area contributed by atoms with Crippen molar-refractivity contribution >= 4 is 10.9 Å². The number of para-hydroxylation sites is 1. The van der Waals surface area contributed by atoms with Crippen LogP contribution in [0.5, 0.6) is 0 Å². The topological polar surface area (TPSA) is 17.4 Å². The predicted octanol–water partition coefficient (Wildman–Crippen LogP) is 3.45. The zero-order valence-corrected chi connectivity index (χ0v) is 13.8. The molecule has 0 N–H and O–H groups in total. The maximum Gasteiger partial charge on any atom is 0.107 e. The van der Waals surface area contributed by atoms with Crippen molar-refractivity contribution in [3.05, 3.63) is 35.5 Å². The van der Waals surface area contributed by atoms with Gasteiger partial charge in [0, 0.05) is 24.5 Å². The molecule has 3 heterocycles. The van der Waals surface area contributed by atoms with Crippen molar-refractivity contribution in [3.63, 3.8) is 0 Å². The zero-order chi connectivity index (χ0) is 15.2. The molecule has 2 aliphatic heterocycles. The molecule has 1 fully saturated rings. The molecule has 1 atom stereocenters. The molecule has 0 bridgehead atoms. The quantitative estimate of drug-likeness (QED) is 0.863. The highest BCUT2D eigenvalue weighted by molar-refractivity contribution is 5.86. The molecule has 4 rings (SSSR count). The lowest BCUT2D eigenvalue weighted by molar-refractivity contribution is -0.0609. The van der Waals surface area contributed by atoms with Gasteiger partial charge >= 0.3 is 0 Å². The first kappa shape index (κ1) is 14.3. The van der Waals surface area contributed by atoms with Gasteiger partial charge in [0.1, 0.15) is 5.60 Å². The van der Waals surface area contributed by atoms with E-state index in [9.17, 15) is 0 Å². The van der Waals surface area contributed by atoms with Crippen molar-refractivity contribution in [1.82, 2.24) is 9.47 Å². The molecule has 0 spiro atoms. The van der Waals surface area contributed by atoms with Gasteiger partial charge in [0.25, 0.3) is 0 Å². The summed E-state index contributed by atoms with van der Waals surface area (Å²) in [5.74, 6) is 0. The van der Waals surface area contributed by atoms with Crippen LogP contribution < -0.4 is 0 Å². The number of ether oxygens (including phenoxy) is 1. The Morgan fingerprint density at radius 3 is 2.77 bits per heavy atom. The first-order valence-corrected chi connectivity index (χ1v) is 8.62. The fraction of sp³-hybridized carbons (Fsp3) is 0.579. The standard InChI is InChI=1S/C19H26N2O/c1-19(10-13-21-11-5-6-12-21)18-16(9-14-22-19)15-7-3-4-8-17(15)20(18)2/h3-4,7-8H,5-6,9-14H2,1-2H3. The molecule has 0 amide bonds. The van der Waals surface area contributed by atoms with Gasteiger partial charge in [0.05, 0.1) is 12.3 Å². The van der Waals surface area contributed by atoms with E-state index in [1.165, 1.54) is 48.1 Å². The van der Waals surface area contributed by atoms with E-state index >= 15 is 0 Å². The van der Waals surface area contributed by atoms with E-state index in [1.54, 1.807) is 0 Å². The highest BCUT2D eigenvalue weighted by atomic mass is 16.5. The van der Waals surface area contributed by atoms with Crippen LogP contribution in [0, 0.1) is 0 Å². The first-order valence-electron chi connectivity index (χ1n) is 8.62. The van der Waals surface area contributed by atoms with Crippen LogP contribution in [0.15, 0.2) is 24.3 Å². The summed E-state index contributed by atoms with van der Waals surface area (Å²) in [6, 6.07) is 8.78. The van der Waals surface area contributed by atoms with Gasteiger partial charge in [0.15, 0.2) is 0 Å². The number of fused-ring (bicyclic) bond motifs is 3. The summed E-state index contributed by atoms with van der Waals surface area (Å²) < 4.78 is 8.68. The molecule has 3 heteroatoms. The minimum Gasteiger partial charge on any atom is -0.369 e. The van der Waals surface area contributed by atoms with Gasteiger partial charge in [-0.25, -0.2) is 0 Å². The number of hydrogen-bond acceptors (Lipinski definition) is 2. The second-order valence-corrected chi connectivity index (χ2v) is 7.03. The van der Waals surface area contributed by atoms with Gasteiger partial charge in [-0.2, -0.15) is 0 Å². The van der Waals surface area contributed by atoms with Gasteiger partial charge in [-0.3, -0.25) is 0 Å². The summed E-state index contributed by atoms with van der Waals surface area (Å²) in [4.78, 5) is 2.59. The van der Waals surface area contributed by atoms with Crippen molar-refractivity contribution in [2.24, 2.45) is 7.05 Å². The Morgan fingerprint density at radius 2 is 1.95 bits per heavy atom. The van der Waals surface area contributed by atoms with E-state index < -0.39 is 0 Å². The van der Waals surface area contributed by atoms with Crippen LogP contribution in [0.2, 0.25) is 0 Å². The second-order valence-electron chi connectivity index (χ2n) is 7.03. The van der Waals surface area contributed by atoms with Gasteiger partial charge in [-0.05, 0) is 57.3 Å². The first-order chi connectivity index (χ1) is 10.7. The smallest absolute Gasteiger partial charge is 0.107 e. The number of aromatic nitrogens is 1. The van der Waals surface area contributed by atoms with Crippen LogP contribution in [-0.2, 0) is 23.8 Å². The average Bonchev–Trinajstić information content (AvgIpc) is 3.14. The summed E-state index contributed by atoms with van der Waals surface area (Å²) in [6.07, 6.45) is 4.84. The SMILES string of the molecule is Cn1c2c(c3ccccc31)CCOC2(C)CCN1CCCC1. The largest absolute Gasteiger partial charge is 0.369 e. The van der Waals surface area contributed by atoms with Gasteiger partial charge in [-0.15, -0.1) is 0 Å². The van der Waals surface area contributed by atoms with Gasteiger partial charge in [-0.1, -0.05) is 18.2 Å². The van der Waals surface area contributed by atoms with Gasteiger partial charge in [0.2, 0.25) is 0 Å². The highest BCUT2D eigenvalue weighted by Crippen LogP contribution is 2.40. The third kappa shape index (κ3) is 2.19. The Morgan fingerprint density at radius 1 is 1.18 bits per heavy atom. The summed E-state index contributed by atoms with van der Waals surface area (Å²) >= 11 is 0. The Hall–Kier alpha value is -1.32. The molecule has 1 aromatic heterocycles. The van der Waals surface area contributed by atoms with Crippen LogP contribution in [0.4, 0.5) is 0 Å². The molecule has 3 nitrogen and oxygen atoms in total. The second kappa shape index (κ2) is 5.39. The van der Waals surface area contributed by atoms with Crippen molar-refractivity contribution < 1.29 is 4.74 Å². The van der Waals surface area contributed by atoms with E-state index in [-0.39, 0.29) is 5.60 Å². The van der Waals surface area contributed by atoms with E-state index in [0.29, 0.717) is 0 Å². The normalized spacial score (nSPS) is 25.7. The Kier molecular flexibility index (Phi) is 3.50. The maximum absolute atomic E-state index is 6.31. The number of aryl methyl sites for hydroxylation is 1. The monoisotopic (exact) mass is 298 g/mol. The molecule has 2 aromatic rings. The lowest BCUT2D eigenvalue weighted by Gasteiger charge is -2.36. The van der Waals surface area contributed by atoms with E-state index in [4.69, 9.17) is 4.74 Å². The Bertz CT molecular complexity index is 684. The van der Waals surface area contributed by atoms with Crippen molar-refractivity contribution in [2.75, 3.05) is 26.2 Å². The number of nitrogens with zero attached hydrogens (tertiary/aromatic N) is 2. The molecule has 22 heavy (non-hydrogen) atoms. The van der Waals surface area contributed by atoms with Crippen LogP contribution in [-0.4, -0.2) is 35.7 Å². The van der Waals surface area contributed by atoms with Crippen LogP contribution in [0.3, 0.4) is 0 Å². The van der Waals surface area contributed by atoms with E-state index in [1.807, 2.05) is 0 Å². The summed E-state index contributed by atoms with van der Waals surface area (Å²) in [6.45, 7) is 6.81. The molecule has 1 aromatic carbocycles. The fourth-order valence-corrected chi connectivity index (χ4v) is 4.41. The average molecular weight is 298 g/mol. The molecular weight excluding hydrogens is 272 g/mol. The molecule has 0 aliphatic carbocycles. The predicted molar refractivity (Wildman–Crippen MR) is 90.2 cm³/mol. The lowest BCUT2D eigenvalue weighted by Crippen LogP contribution is -2.37. The van der Waals surface area contributed by atoms with Crippen molar-refractivity contribution in [3.8, 4) is 0 Å². The lowest BCUT2D eigenvalue weighted by atomic mass is 9.89. The Labute approximate surface area is 132 Å².